The van der Waals surface area contributed by atoms with Crippen LogP contribution in [0, 0.1) is 6.92 Å². The van der Waals surface area contributed by atoms with E-state index >= 15 is 0 Å². The maximum atomic E-state index is 13.7. The molecule has 0 saturated carbocycles. The number of amides is 2. The number of nitrogens with one attached hydrogen (secondary N) is 3. The number of anilines is 2. The summed E-state index contributed by atoms with van der Waals surface area (Å²) in [7, 11) is 0. The summed E-state index contributed by atoms with van der Waals surface area (Å²) in [6, 6.07) is 37.6. The van der Waals surface area contributed by atoms with Gasteiger partial charge in [0.05, 0.1) is 11.4 Å². The number of azo groups is 1. The highest BCUT2D eigenvalue weighted by molar-refractivity contribution is 7.99. The summed E-state index contributed by atoms with van der Waals surface area (Å²) in [5, 5.41) is 17.3. The van der Waals surface area contributed by atoms with Gasteiger partial charge in [-0.25, -0.2) is 4.68 Å². The van der Waals surface area contributed by atoms with E-state index in [1.165, 1.54) is 15.8 Å². The lowest BCUT2D eigenvalue weighted by Crippen LogP contribution is -2.24. The predicted molar refractivity (Wildman–Crippen MR) is 234 cm³/mol. The minimum absolute atomic E-state index is 0.00738. The van der Waals surface area contributed by atoms with Crippen LogP contribution in [0.2, 0.25) is 0 Å². The second-order valence-electron chi connectivity index (χ2n) is 15.5. The first-order valence-corrected chi connectivity index (χ1v) is 20.2. The largest absolute Gasteiger partial charge is 0.483 e. The summed E-state index contributed by atoms with van der Waals surface area (Å²) in [5.74, 6) is -0.158. The zero-order chi connectivity index (χ0) is 41.5. The van der Waals surface area contributed by atoms with Gasteiger partial charge in [-0.2, -0.15) is 5.11 Å². The fourth-order valence-electron chi connectivity index (χ4n) is 6.06. The van der Waals surface area contributed by atoms with Crippen LogP contribution in [0.5, 0.6) is 5.75 Å². The number of benzene rings is 5. The maximum absolute atomic E-state index is 13.7. The summed E-state index contributed by atoms with van der Waals surface area (Å²) in [6.07, 6.45) is 1.89. The lowest BCUT2D eigenvalue weighted by atomic mass is 9.76. The molecule has 10 nitrogen and oxygen atoms in total. The maximum Gasteiger partial charge on any atom is 0.301 e. The number of H-pyrrole nitrogens is 1. The number of hydrogen-bond acceptors (Lipinski definition) is 7. The highest BCUT2D eigenvalue weighted by atomic mass is 32.2. The average molecular weight is 795 g/mol. The molecule has 0 aliphatic carbocycles. The second-order valence-corrected chi connectivity index (χ2v) is 16.6. The van der Waals surface area contributed by atoms with Crippen LogP contribution in [-0.4, -0.2) is 28.2 Å². The molecule has 0 spiro atoms. The number of aromatic nitrogens is 2. The molecular weight excluding hydrogens is 745 g/mol. The van der Waals surface area contributed by atoms with Crippen LogP contribution < -0.4 is 20.9 Å². The number of ether oxygens (including phenoxy) is 1. The average Bonchev–Trinajstić information content (AvgIpc) is 3.54. The summed E-state index contributed by atoms with van der Waals surface area (Å²) in [4.78, 5) is 42.7. The van der Waals surface area contributed by atoms with Crippen molar-refractivity contribution < 1.29 is 14.3 Å². The van der Waals surface area contributed by atoms with E-state index in [1.54, 1.807) is 60.3 Å². The molecule has 2 amide bonds. The van der Waals surface area contributed by atoms with Crippen LogP contribution in [-0.2, 0) is 15.6 Å². The molecule has 0 radical (unpaired) electrons. The molecule has 0 aliphatic rings. The summed E-state index contributed by atoms with van der Waals surface area (Å²) in [6.45, 7) is 15.0. The van der Waals surface area contributed by atoms with Crippen LogP contribution in [0.15, 0.2) is 146 Å². The quantitative estimate of drug-likeness (QED) is 0.0891. The Kier molecular flexibility index (Phi) is 12.8. The van der Waals surface area contributed by atoms with Gasteiger partial charge in [-0.05, 0) is 109 Å². The van der Waals surface area contributed by atoms with Crippen molar-refractivity contribution in [1.29, 1.82) is 0 Å². The number of nitrogens with zero attached hydrogens (tertiary/aromatic N) is 3. The van der Waals surface area contributed by atoms with Gasteiger partial charge in [0.25, 0.3) is 11.8 Å². The van der Waals surface area contributed by atoms with E-state index in [2.05, 4.69) is 111 Å². The third-order valence-corrected chi connectivity index (χ3v) is 11.5. The summed E-state index contributed by atoms with van der Waals surface area (Å²) in [5.41, 5.74) is 4.52. The SMILES string of the molecule is CCC(C)(C)c1ccc(OCC(=O)Nc2cccc(C(=O)Nc3[nH]n(-c4ccccc4)c(=O)c3N=Nc3ccc(Sc4ccc(C)cc4)cc3)c2)c(C(C)(C)CC)c1. The monoisotopic (exact) mass is 794 g/mol. The molecule has 11 heteroatoms. The van der Waals surface area contributed by atoms with Crippen LogP contribution in [0.3, 0.4) is 0 Å². The van der Waals surface area contributed by atoms with Gasteiger partial charge in [-0.3, -0.25) is 19.5 Å². The highest BCUT2D eigenvalue weighted by Crippen LogP contribution is 2.38. The standard InChI is InChI=1S/C47H50N6O4S/c1-8-46(4,5)33-20-27-40(39(29-33)47(6,7)9-2)57-30-41(54)48-35-15-13-14-32(28-35)44(55)49-43-42(45(56)53(52-43)36-16-11-10-12-17-36)51-50-34-21-25-38(26-22-34)58-37-23-18-31(3)19-24-37/h10-29,52H,8-9,30H2,1-7H3,(H,48,54)(H,49,55). The van der Waals surface area contributed by atoms with Gasteiger partial charge in [-0.1, -0.05) is 107 Å². The Balaban J connectivity index is 1.17. The third kappa shape index (κ3) is 10.0. The molecule has 1 heterocycles. The van der Waals surface area contributed by atoms with Crippen LogP contribution >= 0.6 is 11.8 Å². The number of carbonyl (C=O) groups excluding carboxylic acids is 2. The minimum Gasteiger partial charge on any atom is -0.483 e. The molecule has 5 aromatic carbocycles. The Morgan fingerprint density at radius 1 is 0.759 bits per heavy atom. The first-order valence-electron chi connectivity index (χ1n) is 19.4. The molecule has 6 aromatic rings. The van der Waals surface area contributed by atoms with Crippen molar-refractivity contribution in [3.63, 3.8) is 0 Å². The first-order chi connectivity index (χ1) is 27.8. The van der Waals surface area contributed by atoms with Crippen molar-refractivity contribution in [3.05, 3.63) is 154 Å². The smallest absolute Gasteiger partial charge is 0.301 e. The van der Waals surface area contributed by atoms with Gasteiger partial charge in [0.15, 0.2) is 18.1 Å². The first kappa shape index (κ1) is 41.4. The normalized spacial score (nSPS) is 11.8. The number of aryl methyl sites for hydroxylation is 1. The number of hydrogen-bond donors (Lipinski definition) is 3. The lowest BCUT2D eigenvalue weighted by molar-refractivity contribution is -0.118. The van der Waals surface area contributed by atoms with Crippen LogP contribution in [0.4, 0.5) is 22.9 Å². The van der Waals surface area contributed by atoms with E-state index in [0.717, 1.165) is 28.2 Å². The van der Waals surface area contributed by atoms with Crippen molar-refractivity contribution in [3.8, 4) is 11.4 Å². The Labute approximate surface area is 344 Å². The molecule has 298 valence electrons. The molecule has 0 atom stereocenters. The molecular formula is C47H50N6O4S. The molecule has 0 fully saturated rings. The zero-order valence-corrected chi connectivity index (χ0v) is 34.9. The van der Waals surface area contributed by atoms with Crippen LogP contribution in [0.25, 0.3) is 5.69 Å². The minimum atomic E-state index is -0.524. The number of carbonyl (C=O) groups is 2. The van der Waals surface area contributed by atoms with Crippen molar-refractivity contribution in [2.45, 2.75) is 81.9 Å². The summed E-state index contributed by atoms with van der Waals surface area (Å²) >= 11 is 1.63. The number of aromatic amines is 1. The molecule has 0 bridgehead atoms. The third-order valence-electron chi connectivity index (χ3n) is 10.5. The molecule has 58 heavy (non-hydrogen) atoms. The van der Waals surface area contributed by atoms with Crippen molar-refractivity contribution in [1.82, 2.24) is 9.78 Å². The van der Waals surface area contributed by atoms with E-state index in [4.69, 9.17) is 4.74 Å². The van der Waals surface area contributed by atoms with E-state index in [0.29, 0.717) is 22.8 Å². The second kappa shape index (κ2) is 17.9. The van der Waals surface area contributed by atoms with Gasteiger partial charge in [0.1, 0.15) is 5.75 Å². The van der Waals surface area contributed by atoms with E-state index in [1.807, 2.05) is 36.4 Å². The Morgan fingerprint density at radius 2 is 1.43 bits per heavy atom. The number of rotatable bonds is 15. The summed E-state index contributed by atoms with van der Waals surface area (Å²) < 4.78 is 7.42. The Morgan fingerprint density at radius 3 is 2.10 bits per heavy atom. The highest BCUT2D eigenvalue weighted by Gasteiger charge is 2.27. The fourth-order valence-corrected chi connectivity index (χ4v) is 6.88. The van der Waals surface area contributed by atoms with Gasteiger partial charge < -0.3 is 15.4 Å². The van der Waals surface area contributed by atoms with E-state index < -0.39 is 11.5 Å². The van der Waals surface area contributed by atoms with E-state index in [-0.39, 0.29) is 40.4 Å². The van der Waals surface area contributed by atoms with Gasteiger partial charge >= 0.3 is 5.56 Å². The van der Waals surface area contributed by atoms with Crippen molar-refractivity contribution in [2.75, 3.05) is 17.2 Å². The lowest BCUT2D eigenvalue weighted by Gasteiger charge is -2.30. The zero-order valence-electron chi connectivity index (χ0n) is 34.1. The molecule has 0 aliphatic heterocycles. The van der Waals surface area contributed by atoms with Crippen molar-refractivity contribution in [2.24, 2.45) is 10.2 Å². The van der Waals surface area contributed by atoms with Gasteiger partial charge in [0.2, 0.25) is 0 Å². The molecule has 6 rings (SSSR count). The Hall–Kier alpha value is -6.20. The predicted octanol–water partition coefficient (Wildman–Crippen LogP) is 11.7. The molecule has 0 unspecified atom stereocenters. The van der Waals surface area contributed by atoms with Crippen molar-refractivity contribution >= 4 is 46.5 Å². The van der Waals surface area contributed by atoms with Gasteiger partial charge in [0, 0.05) is 26.6 Å². The van der Waals surface area contributed by atoms with Crippen LogP contribution in [0.1, 0.15) is 81.4 Å². The molecule has 3 N–H and O–H groups in total. The Bertz CT molecular complexity index is 2470. The topological polar surface area (TPSA) is 130 Å². The number of para-hydroxylation sites is 1. The van der Waals surface area contributed by atoms with Gasteiger partial charge in [-0.15, -0.1) is 5.11 Å². The fraction of sp³-hybridized carbons (Fsp3) is 0.255. The molecule has 0 saturated heterocycles. The van der Waals surface area contributed by atoms with E-state index in [9.17, 15) is 14.4 Å². The molecule has 1 aromatic heterocycles.